The summed E-state index contributed by atoms with van der Waals surface area (Å²) >= 11 is 0. The van der Waals surface area contributed by atoms with Crippen molar-refractivity contribution in [2.24, 2.45) is 23.5 Å². The summed E-state index contributed by atoms with van der Waals surface area (Å²) in [5.41, 5.74) is 5.15. The van der Waals surface area contributed by atoms with Crippen LogP contribution < -0.4 is 5.73 Å². The summed E-state index contributed by atoms with van der Waals surface area (Å²) in [7, 11) is 0. The third-order valence-corrected chi connectivity index (χ3v) is 2.57. The van der Waals surface area contributed by atoms with E-state index in [1.807, 2.05) is 6.92 Å². The van der Waals surface area contributed by atoms with E-state index in [0.29, 0.717) is 5.92 Å². The Balaban J connectivity index is 2.31. The molecule has 0 spiro atoms. The smallest absolute Gasteiger partial charge is 0.220 e. The van der Waals surface area contributed by atoms with Gasteiger partial charge in [-0.05, 0) is 24.7 Å². The molecule has 0 bridgehead atoms. The summed E-state index contributed by atoms with van der Waals surface area (Å²) in [6.45, 7) is 4.14. The molecule has 2 N–H and O–H groups in total. The van der Waals surface area contributed by atoms with Gasteiger partial charge >= 0.3 is 0 Å². The van der Waals surface area contributed by atoms with E-state index >= 15 is 0 Å². The van der Waals surface area contributed by atoms with Gasteiger partial charge in [-0.25, -0.2) is 0 Å². The molecule has 2 heteroatoms. The van der Waals surface area contributed by atoms with Gasteiger partial charge in [-0.3, -0.25) is 4.79 Å². The van der Waals surface area contributed by atoms with Gasteiger partial charge in [0.1, 0.15) is 0 Å². The standard InChI is InChI=1S/C8H15NO/c1-5-3-7(4-5)6(2)8(9)10/h5-7H,3-4H2,1-2H3,(H2,9,10). The summed E-state index contributed by atoms with van der Waals surface area (Å²) in [6, 6.07) is 0. The summed E-state index contributed by atoms with van der Waals surface area (Å²) in [6.07, 6.45) is 2.37. The van der Waals surface area contributed by atoms with Crippen LogP contribution in [0.1, 0.15) is 26.7 Å². The Kier molecular flexibility index (Phi) is 1.97. The number of rotatable bonds is 2. The first-order valence-electron chi connectivity index (χ1n) is 3.90. The number of primary amides is 1. The Morgan fingerprint density at radius 1 is 1.60 bits per heavy atom. The minimum Gasteiger partial charge on any atom is -0.369 e. The van der Waals surface area contributed by atoms with Gasteiger partial charge in [0.2, 0.25) is 5.91 Å². The molecule has 10 heavy (non-hydrogen) atoms. The molecular formula is C8H15NO. The molecule has 1 unspecified atom stereocenters. The molecule has 0 aromatic rings. The molecule has 0 radical (unpaired) electrons. The van der Waals surface area contributed by atoms with Crippen LogP contribution in [-0.2, 0) is 4.79 Å². The summed E-state index contributed by atoms with van der Waals surface area (Å²) in [4.78, 5) is 10.7. The number of hydrogen-bond donors (Lipinski definition) is 1. The first kappa shape index (κ1) is 7.58. The quantitative estimate of drug-likeness (QED) is 0.616. The first-order valence-corrected chi connectivity index (χ1v) is 3.90. The number of carbonyl (C=O) groups excluding carboxylic acids is 1. The van der Waals surface area contributed by atoms with Crippen molar-refractivity contribution in [3.8, 4) is 0 Å². The Morgan fingerprint density at radius 3 is 2.40 bits per heavy atom. The molecule has 1 aliphatic carbocycles. The van der Waals surface area contributed by atoms with Crippen LogP contribution in [0.5, 0.6) is 0 Å². The summed E-state index contributed by atoms with van der Waals surface area (Å²) in [5.74, 6) is 1.34. The van der Waals surface area contributed by atoms with Crippen LogP contribution >= 0.6 is 0 Å². The van der Waals surface area contributed by atoms with Gasteiger partial charge in [-0.2, -0.15) is 0 Å². The van der Waals surface area contributed by atoms with Crippen LogP contribution in [-0.4, -0.2) is 5.91 Å². The van der Waals surface area contributed by atoms with Gasteiger partial charge in [0.15, 0.2) is 0 Å². The van der Waals surface area contributed by atoms with Crippen LogP contribution in [0.25, 0.3) is 0 Å². The van der Waals surface area contributed by atoms with Crippen molar-refractivity contribution in [1.29, 1.82) is 0 Å². The average Bonchev–Trinajstić information content (AvgIpc) is 1.79. The normalized spacial score (nSPS) is 34.6. The Labute approximate surface area is 61.8 Å². The second-order valence-corrected chi connectivity index (χ2v) is 3.53. The van der Waals surface area contributed by atoms with Crippen molar-refractivity contribution >= 4 is 5.91 Å². The van der Waals surface area contributed by atoms with Crippen LogP contribution in [0, 0.1) is 17.8 Å². The fraction of sp³-hybridized carbons (Fsp3) is 0.875. The molecule has 0 saturated heterocycles. The number of hydrogen-bond acceptors (Lipinski definition) is 1. The maximum absolute atomic E-state index is 10.7. The highest BCUT2D eigenvalue weighted by atomic mass is 16.1. The summed E-state index contributed by atoms with van der Waals surface area (Å²) in [5, 5.41) is 0. The molecule has 1 aliphatic rings. The summed E-state index contributed by atoms with van der Waals surface area (Å²) < 4.78 is 0. The number of amides is 1. The monoisotopic (exact) mass is 141 g/mol. The largest absolute Gasteiger partial charge is 0.369 e. The van der Waals surface area contributed by atoms with Gasteiger partial charge in [0, 0.05) is 5.92 Å². The van der Waals surface area contributed by atoms with E-state index < -0.39 is 0 Å². The van der Waals surface area contributed by atoms with Crippen LogP contribution in [0.3, 0.4) is 0 Å². The zero-order valence-corrected chi connectivity index (χ0v) is 6.63. The lowest BCUT2D eigenvalue weighted by Crippen LogP contribution is -2.34. The molecule has 58 valence electrons. The van der Waals surface area contributed by atoms with Gasteiger partial charge in [-0.15, -0.1) is 0 Å². The molecule has 1 amide bonds. The third kappa shape index (κ3) is 1.31. The lowest BCUT2D eigenvalue weighted by atomic mass is 9.70. The van der Waals surface area contributed by atoms with Gasteiger partial charge < -0.3 is 5.73 Å². The van der Waals surface area contributed by atoms with E-state index in [-0.39, 0.29) is 11.8 Å². The topological polar surface area (TPSA) is 43.1 Å². The van der Waals surface area contributed by atoms with E-state index in [1.165, 1.54) is 12.8 Å². The minimum atomic E-state index is -0.142. The van der Waals surface area contributed by atoms with Gasteiger partial charge in [-0.1, -0.05) is 13.8 Å². The molecule has 0 aromatic carbocycles. The maximum Gasteiger partial charge on any atom is 0.220 e. The molecule has 1 saturated carbocycles. The highest BCUT2D eigenvalue weighted by Crippen LogP contribution is 2.38. The third-order valence-electron chi connectivity index (χ3n) is 2.57. The van der Waals surface area contributed by atoms with Crippen LogP contribution in [0.2, 0.25) is 0 Å². The van der Waals surface area contributed by atoms with Crippen molar-refractivity contribution in [2.45, 2.75) is 26.7 Å². The fourth-order valence-electron chi connectivity index (χ4n) is 1.61. The second-order valence-electron chi connectivity index (χ2n) is 3.53. The highest BCUT2D eigenvalue weighted by molar-refractivity contribution is 5.76. The SMILES string of the molecule is CC1CC(C(C)C(N)=O)C1. The average molecular weight is 141 g/mol. The molecule has 1 rings (SSSR count). The van der Waals surface area contributed by atoms with E-state index in [4.69, 9.17) is 5.73 Å². The van der Waals surface area contributed by atoms with Crippen molar-refractivity contribution in [3.63, 3.8) is 0 Å². The minimum absolute atomic E-state index is 0.0937. The van der Waals surface area contributed by atoms with Crippen molar-refractivity contribution in [2.75, 3.05) is 0 Å². The molecule has 0 aliphatic heterocycles. The van der Waals surface area contributed by atoms with Crippen LogP contribution in [0.4, 0.5) is 0 Å². The fourth-order valence-corrected chi connectivity index (χ4v) is 1.61. The van der Waals surface area contributed by atoms with Crippen molar-refractivity contribution in [1.82, 2.24) is 0 Å². The number of nitrogens with two attached hydrogens (primary N) is 1. The predicted octanol–water partition coefficient (Wildman–Crippen LogP) is 1.15. The second kappa shape index (κ2) is 2.60. The van der Waals surface area contributed by atoms with E-state index in [0.717, 1.165) is 5.92 Å². The van der Waals surface area contributed by atoms with Crippen LogP contribution in [0.15, 0.2) is 0 Å². The predicted molar refractivity (Wildman–Crippen MR) is 40.2 cm³/mol. The Bertz CT molecular complexity index is 138. The van der Waals surface area contributed by atoms with E-state index in [2.05, 4.69) is 6.92 Å². The molecular weight excluding hydrogens is 126 g/mol. The molecule has 1 fully saturated rings. The maximum atomic E-state index is 10.7. The van der Waals surface area contributed by atoms with Crippen molar-refractivity contribution in [3.05, 3.63) is 0 Å². The Morgan fingerprint density at radius 2 is 2.10 bits per heavy atom. The zero-order valence-electron chi connectivity index (χ0n) is 6.63. The highest BCUT2D eigenvalue weighted by Gasteiger charge is 2.32. The Hall–Kier alpha value is -0.530. The molecule has 2 nitrogen and oxygen atoms in total. The van der Waals surface area contributed by atoms with E-state index in [9.17, 15) is 4.79 Å². The van der Waals surface area contributed by atoms with Gasteiger partial charge in [0.25, 0.3) is 0 Å². The first-order chi connectivity index (χ1) is 4.61. The van der Waals surface area contributed by atoms with Gasteiger partial charge in [0.05, 0.1) is 0 Å². The molecule has 0 heterocycles. The van der Waals surface area contributed by atoms with Crippen molar-refractivity contribution < 1.29 is 4.79 Å². The van der Waals surface area contributed by atoms with E-state index in [1.54, 1.807) is 0 Å². The lowest BCUT2D eigenvalue weighted by Gasteiger charge is -2.35. The lowest BCUT2D eigenvalue weighted by molar-refractivity contribution is -0.124. The molecule has 1 atom stereocenters. The molecule has 0 aromatic heterocycles. The number of carbonyl (C=O) groups is 1. The zero-order chi connectivity index (χ0) is 7.72.